The maximum Gasteiger partial charge on any atom is 0.272 e. The first-order chi connectivity index (χ1) is 15.8. The van der Waals surface area contributed by atoms with E-state index in [4.69, 9.17) is 9.47 Å². The minimum Gasteiger partial charge on any atom is -0.454 e. The molecule has 0 unspecified atom stereocenters. The molecule has 1 saturated carbocycles. The Morgan fingerprint density at radius 3 is 2.73 bits per heavy atom. The molecule has 10 heteroatoms. The van der Waals surface area contributed by atoms with Gasteiger partial charge in [0.25, 0.3) is 11.8 Å². The highest BCUT2D eigenvalue weighted by Crippen LogP contribution is 2.32. The molecule has 2 aromatic rings. The van der Waals surface area contributed by atoms with E-state index >= 15 is 0 Å². The molecule has 0 radical (unpaired) electrons. The molecule has 10 nitrogen and oxygen atoms in total. The van der Waals surface area contributed by atoms with Gasteiger partial charge in [0.05, 0.1) is 6.54 Å². The molecule has 3 aliphatic rings. The molecule has 174 valence electrons. The Kier molecular flexibility index (Phi) is 5.22. The second kappa shape index (κ2) is 8.09. The molecule has 1 aromatic carbocycles. The summed E-state index contributed by atoms with van der Waals surface area (Å²) in [6.07, 6.45) is 4.12. The normalized spacial score (nSPS) is 21.8. The summed E-state index contributed by atoms with van der Waals surface area (Å²) < 4.78 is 12.1. The molecular weight excluding hydrogens is 426 g/mol. The van der Waals surface area contributed by atoms with Crippen molar-refractivity contribution in [2.45, 2.75) is 57.3 Å². The lowest BCUT2D eigenvalue weighted by atomic mass is 9.95. The number of ether oxygens (including phenoxy) is 2. The summed E-state index contributed by atoms with van der Waals surface area (Å²) in [5.74, 6) is 0.382. The fourth-order valence-electron chi connectivity index (χ4n) is 4.57. The van der Waals surface area contributed by atoms with Crippen LogP contribution in [-0.2, 0) is 17.9 Å². The first kappa shape index (κ1) is 21.3. The van der Waals surface area contributed by atoms with E-state index in [-0.39, 0.29) is 49.1 Å². The molecule has 0 saturated heterocycles. The van der Waals surface area contributed by atoms with Gasteiger partial charge in [0, 0.05) is 25.7 Å². The summed E-state index contributed by atoms with van der Waals surface area (Å²) in [4.78, 5) is 40.3. The monoisotopic (exact) mass is 453 g/mol. The zero-order chi connectivity index (χ0) is 23.2. The molecule has 1 aromatic heterocycles. The largest absolute Gasteiger partial charge is 0.454 e. The van der Waals surface area contributed by atoms with Crippen molar-refractivity contribution in [3.8, 4) is 11.5 Å². The van der Waals surface area contributed by atoms with Gasteiger partial charge in [0.15, 0.2) is 17.2 Å². The molecule has 0 bridgehead atoms. The van der Waals surface area contributed by atoms with Gasteiger partial charge in [-0.05, 0) is 37.5 Å². The van der Waals surface area contributed by atoms with Crippen molar-refractivity contribution >= 4 is 17.7 Å². The van der Waals surface area contributed by atoms with Gasteiger partial charge in [-0.3, -0.25) is 19.1 Å². The summed E-state index contributed by atoms with van der Waals surface area (Å²) in [7, 11) is 1.62. The summed E-state index contributed by atoms with van der Waals surface area (Å²) in [5.41, 5.74) is 0.187. The Bertz CT molecular complexity index is 1120. The zero-order valence-corrected chi connectivity index (χ0v) is 18.7. The minimum absolute atomic E-state index is 0.132. The summed E-state index contributed by atoms with van der Waals surface area (Å²) in [6.45, 7) is 2.37. The molecule has 0 spiro atoms. The molecule has 2 N–H and O–H groups in total. The Hall–Kier alpha value is -3.56. The number of aromatic nitrogens is 2. The second-order valence-electron chi connectivity index (χ2n) is 9.04. The molecule has 1 atom stereocenters. The lowest BCUT2D eigenvalue weighted by Gasteiger charge is -2.41. The second-order valence-corrected chi connectivity index (χ2v) is 9.04. The summed E-state index contributed by atoms with van der Waals surface area (Å²) >= 11 is 0. The molecule has 33 heavy (non-hydrogen) atoms. The van der Waals surface area contributed by atoms with Crippen molar-refractivity contribution in [1.29, 1.82) is 0 Å². The molecule has 5 rings (SSSR count). The van der Waals surface area contributed by atoms with Crippen molar-refractivity contribution < 1.29 is 23.9 Å². The fraction of sp³-hybridized carbons (Fsp3) is 0.478. The van der Waals surface area contributed by atoms with Crippen LogP contribution in [-0.4, -0.2) is 57.8 Å². The third-order valence-corrected chi connectivity index (χ3v) is 6.80. The number of nitrogens with zero attached hydrogens (tertiary/aromatic N) is 3. The van der Waals surface area contributed by atoms with E-state index in [1.807, 2.05) is 12.1 Å². The molecule has 1 aliphatic carbocycles. The van der Waals surface area contributed by atoms with E-state index in [9.17, 15) is 14.4 Å². The quantitative estimate of drug-likeness (QED) is 0.708. The van der Waals surface area contributed by atoms with E-state index in [1.165, 1.54) is 15.6 Å². The zero-order valence-electron chi connectivity index (χ0n) is 18.7. The highest BCUT2D eigenvalue weighted by molar-refractivity contribution is 6.01. The number of likely N-dealkylation sites (N-methyl/N-ethyl adjacent to an activating group) is 1. The number of hydrogen-bond donors (Lipinski definition) is 2. The Balaban J connectivity index is 1.29. The summed E-state index contributed by atoms with van der Waals surface area (Å²) in [5, 5.41) is 10.3. The van der Waals surface area contributed by atoms with Gasteiger partial charge in [-0.15, -0.1) is 0 Å². The number of carbonyl (C=O) groups is 3. The van der Waals surface area contributed by atoms with Crippen LogP contribution >= 0.6 is 0 Å². The van der Waals surface area contributed by atoms with Crippen molar-refractivity contribution in [1.82, 2.24) is 25.3 Å². The lowest BCUT2D eigenvalue weighted by Crippen LogP contribution is -2.63. The van der Waals surface area contributed by atoms with E-state index in [0.29, 0.717) is 11.5 Å². The predicted molar refractivity (Wildman–Crippen MR) is 117 cm³/mol. The average Bonchev–Trinajstić information content (AvgIpc) is 3.56. The molecule has 2 aliphatic heterocycles. The van der Waals surface area contributed by atoms with Crippen LogP contribution in [0.2, 0.25) is 0 Å². The van der Waals surface area contributed by atoms with Crippen molar-refractivity contribution in [3.05, 3.63) is 41.2 Å². The topological polar surface area (TPSA) is 115 Å². The van der Waals surface area contributed by atoms with E-state index in [2.05, 4.69) is 15.7 Å². The molecule has 3 amide bonds. The fourth-order valence-corrected chi connectivity index (χ4v) is 4.57. The van der Waals surface area contributed by atoms with E-state index < -0.39 is 11.4 Å². The highest BCUT2D eigenvalue weighted by Gasteiger charge is 2.46. The van der Waals surface area contributed by atoms with Crippen LogP contribution in [0.15, 0.2) is 24.3 Å². The third-order valence-electron chi connectivity index (χ3n) is 6.80. The first-order valence-corrected chi connectivity index (χ1v) is 11.2. The van der Waals surface area contributed by atoms with Gasteiger partial charge in [-0.2, -0.15) is 5.10 Å². The lowest BCUT2D eigenvalue weighted by molar-refractivity contribution is -0.133. The molecular formula is C23H27N5O5. The Morgan fingerprint density at radius 1 is 1.18 bits per heavy atom. The minimum atomic E-state index is -1.08. The number of hydrogen-bond acceptors (Lipinski definition) is 6. The van der Waals surface area contributed by atoms with Crippen LogP contribution < -0.4 is 20.1 Å². The Morgan fingerprint density at radius 2 is 1.94 bits per heavy atom. The van der Waals surface area contributed by atoms with Gasteiger partial charge in [0.2, 0.25) is 12.7 Å². The number of benzene rings is 1. The number of nitrogens with one attached hydrogen (secondary N) is 2. The standard InChI is InChI=1S/C23H27N5O5/c1-23(22(31)25-15-5-3-4-6-15)12-28-17(21(30)27(23)2)10-16(26-28)20(29)24-11-14-7-8-18-19(9-14)33-13-32-18/h7-10,15H,3-6,11-13H2,1-2H3,(H,24,29)(H,25,31)/t23-/m1/s1. The van der Waals surface area contributed by atoms with Crippen LogP contribution in [0, 0.1) is 0 Å². The Labute approximate surface area is 191 Å². The average molecular weight is 453 g/mol. The SMILES string of the molecule is CN1C(=O)c2cc(C(=O)NCc3ccc4c(c3)OCO4)nn2C[C@]1(C)C(=O)NC1CCCC1. The maximum atomic E-state index is 13.1. The number of carbonyl (C=O) groups excluding carboxylic acids is 3. The van der Waals surface area contributed by atoms with Crippen molar-refractivity contribution in [3.63, 3.8) is 0 Å². The van der Waals surface area contributed by atoms with Crippen LogP contribution in [0.3, 0.4) is 0 Å². The smallest absolute Gasteiger partial charge is 0.272 e. The van der Waals surface area contributed by atoms with Gasteiger partial charge >= 0.3 is 0 Å². The molecule has 3 heterocycles. The van der Waals surface area contributed by atoms with Gasteiger partial charge in [-0.1, -0.05) is 18.9 Å². The van der Waals surface area contributed by atoms with Crippen LogP contribution in [0.5, 0.6) is 11.5 Å². The third kappa shape index (κ3) is 3.79. The maximum absolute atomic E-state index is 13.1. The van der Waals surface area contributed by atoms with Crippen molar-refractivity contribution in [2.24, 2.45) is 0 Å². The predicted octanol–water partition coefficient (Wildman–Crippen LogP) is 1.44. The van der Waals surface area contributed by atoms with Gasteiger partial charge < -0.3 is 25.0 Å². The van der Waals surface area contributed by atoms with E-state index in [0.717, 1.165) is 31.2 Å². The number of amides is 3. The van der Waals surface area contributed by atoms with Crippen LogP contribution in [0.25, 0.3) is 0 Å². The van der Waals surface area contributed by atoms with E-state index in [1.54, 1.807) is 20.0 Å². The summed E-state index contributed by atoms with van der Waals surface area (Å²) in [6, 6.07) is 7.08. The van der Waals surface area contributed by atoms with Gasteiger partial charge in [0.1, 0.15) is 11.2 Å². The molecule has 1 fully saturated rings. The number of fused-ring (bicyclic) bond motifs is 2. The highest BCUT2D eigenvalue weighted by atomic mass is 16.7. The van der Waals surface area contributed by atoms with Crippen LogP contribution in [0.4, 0.5) is 0 Å². The number of rotatable bonds is 5. The van der Waals surface area contributed by atoms with Crippen LogP contribution in [0.1, 0.15) is 59.1 Å². The van der Waals surface area contributed by atoms with Gasteiger partial charge in [-0.25, -0.2) is 0 Å². The first-order valence-electron chi connectivity index (χ1n) is 11.2. The van der Waals surface area contributed by atoms with Crippen molar-refractivity contribution in [2.75, 3.05) is 13.8 Å².